The number of carbonyl (C=O) groups is 2. The summed E-state index contributed by atoms with van der Waals surface area (Å²) in [4.78, 5) is 23.2. The third-order valence-electron chi connectivity index (χ3n) is 2.58. The van der Waals surface area contributed by atoms with Crippen molar-refractivity contribution in [3.05, 3.63) is 71.8 Å². The number of ketones is 1. The SMILES string of the molecule is NC(=O)NN=C(C(=O)c1ccccc1)c1ccccc1. The summed E-state index contributed by atoms with van der Waals surface area (Å²) in [6.07, 6.45) is 0. The molecule has 0 aliphatic rings. The third kappa shape index (κ3) is 3.29. The molecule has 0 saturated heterocycles. The standard InChI is InChI=1S/C15H13N3O2/c16-15(20)18-17-13(11-7-3-1-4-8-11)14(19)12-9-5-2-6-10-12/h1-10H,(H3,16,18,20). The number of nitrogens with two attached hydrogens (primary N) is 1. The minimum absolute atomic E-state index is 0.135. The molecule has 0 saturated carbocycles. The number of nitrogens with zero attached hydrogens (tertiary/aromatic N) is 1. The molecule has 5 heteroatoms. The third-order valence-corrected chi connectivity index (χ3v) is 2.58. The Bertz CT molecular complexity index is 637. The van der Waals surface area contributed by atoms with Crippen LogP contribution >= 0.6 is 0 Å². The van der Waals surface area contributed by atoms with Gasteiger partial charge in [0.15, 0.2) is 0 Å². The number of primary amides is 1. The summed E-state index contributed by atoms with van der Waals surface area (Å²) in [5, 5.41) is 3.81. The summed E-state index contributed by atoms with van der Waals surface area (Å²) < 4.78 is 0. The van der Waals surface area contributed by atoms with E-state index in [2.05, 4.69) is 10.5 Å². The summed E-state index contributed by atoms with van der Waals surface area (Å²) in [6.45, 7) is 0. The highest BCUT2D eigenvalue weighted by Crippen LogP contribution is 2.08. The molecule has 0 aliphatic heterocycles. The number of nitrogens with one attached hydrogen (secondary N) is 1. The first-order chi connectivity index (χ1) is 9.68. The van der Waals surface area contributed by atoms with Crippen molar-refractivity contribution < 1.29 is 9.59 Å². The highest BCUT2D eigenvalue weighted by Gasteiger charge is 2.16. The molecule has 20 heavy (non-hydrogen) atoms. The van der Waals surface area contributed by atoms with Crippen molar-refractivity contribution in [2.45, 2.75) is 0 Å². The topological polar surface area (TPSA) is 84.6 Å². The van der Waals surface area contributed by atoms with Gasteiger partial charge in [0.05, 0.1) is 0 Å². The minimum atomic E-state index is -0.820. The lowest BCUT2D eigenvalue weighted by molar-refractivity contribution is 0.106. The van der Waals surface area contributed by atoms with Crippen LogP contribution in [0.3, 0.4) is 0 Å². The summed E-state index contributed by atoms with van der Waals surface area (Å²) in [5.74, 6) is -0.287. The quantitative estimate of drug-likeness (QED) is 0.504. The van der Waals surface area contributed by atoms with E-state index in [-0.39, 0.29) is 11.5 Å². The predicted molar refractivity (Wildman–Crippen MR) is 76.5 cm³/mol. The second-order valence-corrected chi connectivity index (χ2v) is 4.00. The van der Waals surface area contributed by atoms with Gasteiger partial charge in [-0.1, -0.05) is 60.7 Å². The number of hydrogen-bond donors (Lipinski definition) is 2. The van der Waals surface area contributed by atoms with Crippen LogP contribution in [0.4, 0.5) is 4.79 Å². The Morgan fingerprint density at radius 3 is 1.85 bits per heavy atom. The maximum absolute atomic E-state index is 12.4. The van der Waals surface area contributed by atoms with Crippen LogP contribution in [0.1, 0.15) is 15.9 Å². The normalized spacial score (nSPS) is 10.9. The Hall–Kier alpha value is -2.95. The summed E-state index contributed by atoms with van der Waals surface area (Å²) in [5.41, 5.74) is 8.32. The van der Waals surface area contributed by atoms with E-state index in [9.17, 15) is 9.59 Å². The second kappa shape index (κ2) is 6.29. The smallest absolute Gasteiger partial charge is 0.332 e. The van der Waals surface area contributed by atoms with Crippen molar-refractivity contribution in [1.29, 1.82) is 0 Å². The first-order valence-electron chi connectivity index (χ1n) is 5.97. The molecule has 3 N–H and O–H groups in total. The Kier molecular flexibility index (Phi) is 4.24. The second-order valence-electron chi connectivity index (χ2n) is 4.00. The Balaban J connectivity index is 2.40. The number of hydrazone groups is 1. The number of rotatable bonds is 4. The fraction of sp³-hybridized carbons (Fsp3) is 0. The van der Waals surface area contributed by atoms with Crippen LogP contribution in [0.25, 0.3) is 0 Å². The zero-order valence-electron chi connectivity index (χ0n) is 10.6. The van der Waals surface area contributed by atoms with Gasteiger partial charge in [0.1, 0.15) is 5.71 Å². The number of urea groups is 1. The minimum Gasteiger partial charge on any atom is -0.350 e. The van der Waals surface area contributed by atoms with Gasteiger partial charge in [-0.15, -0.1) is 0 Å². The fourth-order valence-electron chi connectivity index (χ4n) is 1.68. The van der Waals surface area contributed by atoms with Crippen molar-refractivity contribution >= 4 is 17.5 Å². The Morgan fingerprint density at radius 1 is 0.850 bits per heavy atom. The summed E-state index contributed by atoms with van der Waals surface area (Å²) in [7, 11) is 0. The Labute approximate surface area is 116 Å². The predicted octanol–water partition coefficient (Wildman–Crippen LogP) is 1.94. The first-order valence-corrected chi connectivity index (χ1v) is 5.97. The molecule has 0 unspecified atom stereocenters. The molecule has 0 radical (unpaired) electrons. The molecule has 0 heterocycles. The molecular formula is C15H13N3O2. The largest absolute Gasteiger partial charge is 0.350 e. The molecule has 2 amide bonds. The molecule has 2 aromatic rings. The fourth-order valence-corrected chi connectivity index (χ4v) is 1.68. The van der Waals surface area contributed by atoms with Gasteiger partial charge in [-0.2, -0.15) is 5.10 Å². The van der Waals surface area contributed by atoms with Gasteiger partial charge in [0.25, 0.3) is 0 Å². The number of amides is 2. The molecule has 0 atom stereocenters. The lowest BCUT2D eigenvalue weighted by atomic mass is 10.0. The molecule has 0 aliphatic carbocycles. The van der Waals surface area contributed by atoms with Gasteiger partial charge >= 0.3 is 6.03 Å². The number of carbonyl (C=O) groups excluding carboxylic acids is 2. The molecule has 2 aromatic carbocycles. The lowest BCUT2D eigenvalue weighted by Crippen LogP contribution is -2.28. The first kappa shape index (κ1) is 13.5. The van der Waals surface area contributed by atoms with Crippen LogP contribution in [-0.2, 0) is 0 Å². The summed E-state index contributed by atoms with van der Waals surface area (Å²) >= 11 is 0. The van der Waals surface area contributed by atoms with Gasteiger partial charge in [0, 0.05) is 11.1 Å². The van der Waals surface area contributed by atoms with Crippen LogP contribution in [0.5, 0.6) is 0 Å². The van der Waals surface area contributed by atoms with Crippen molar-refractivity contribution in [2.75, 3.05) is 0 Å². The molecule has 0 spiro atoms. The van der Waals surface area contributed by atoms with Gasteiger partial charge in [-0.05, 0) is 0 Å². The van der Waals surface area contributed by atoms with Crippen LogP contribution in [0.2, 0.25) is 0 Å². The number of hydrogen-bond acceptors (Lipinski definition) is 3. The van der Waals surface area contributed by atoms with Gasteiger partial charge < -0.3 is 5.73 Å². The van der Waals surface area contributed by atoms with Gasteiger partial charge in [-0.3, -0.25) is 4.79 Å². The number of Topliss-reactive ketones (excluding diaryl/α,β-unsaturated/α-hetero) is 1. The van der Waals surface area contributed by atoms with Crippen molar-refractivity contribution in [3.63, 3.8) is 0 Å². The van der Waals surface area contributed by atoms with E-state index in [4.69, 9.17) is 5.73 Å². The van der Waals surface area contributed by atoms with Crippen LogP contribution in [-0.4, -0.2) is 17.5 Å². The number of benzene rings is 2. The van der Waals surface area contributed by atoms with E-state index >= 15 is 0 Å². The summed E-state index contributed by atoms with van der Waals surface area (Å²) in [6, 6.07) is 16.8. The van der Waals surface area contributed by atoms with Gasteiger partial charge in [-0.25, -0.2) is 10.2 Å². The monoisotopic (exact) mass is 267 g/mol. The molecule has 2 rings (SSSR count). The molecule has 0 aromatic heterocycles. The van der Waals surface area contributed by atoms with Crippen LogP contribution < -0.4 is 11.2 Å². The van der Waals surface area contributed by atoms with E-state index in [1.54, 1.807) is 48.5 Å². The molecule has 5 nitrogen and oxygen atoms in total. The zero-order chi connectivity index (χ0) is 14.4. The van der Waals surface area contributed by atoms with Crippen molar-refractivity contribution in [3.8, 4) is 0 Å². The van der Waals surface area contributed by atoms with Crippen LogP contribution in [0.15, 0.2) is 65.8 Å². The average molecular weight is 267 g/mol. The maximum atomic E-state index is 12.4. The van der Waals surface area contributed by atoms with Gasteiger partial charge in [0.2, 0.25) is 5.78 Å². The average Bonchev–Trinajstić information content (AvgIpc) is 2.49. The molecule has 0 bridgehead atoms. The van der Waals surface area contributed by atoms with Crippen molar-refractivity contribution in [1.82, 2.24) is 5.43 Å². The molecule has 100 valence electrons. The van der Waals surface area contributed by atoms with E-state index in [0.29, 0.717) is 11.1 Å². The van der Waals surface area contributed by atoms with Crippen LogP contribution in [0, 0.1) is 0 Å². The van der Waals surface area contributed by atoms with E-state index < -0.39 is 6.03 Å². The van der Waals surface area contributed by atoms with Crippen molar-refractivity contribution in [2.24, 2.45) is 10.8 Å². The lowest BCUT2D eigenvalue weighted by Gasteiger charge is -2.06. The highest BCUT2D eigenvalue weighted by molar-refractivity contribution is 6.51. The zero-order valence-corrected chi connectivity index (χ0v) is 10.6. The highest BCUT2D eigenvalue weighted by atomic mass is 16.2. The van der Waals surface area contributed by atoms with E-state index in [0.717, 1.165) is 0 Å². The maximum Gasteiger partial charge on any atom is 0.332 e. The Morgan fingerprint density at radius 2 is 1.35 bits per heavy atom. The van der Waals surface area contributed by atoms with E-state index in [1.165, 1.54) is 0 Å². The molecular weight excluding hydrogens is 254 g/mol. The molecule has 0 fully saturated rings. The van der Waals surface area contributed by atoms with E-state index in [1.807, 2.05) is 12.1 Å².